The van der Waals surface area contributed by atoms with Gasteiger partial charge in [0.15, 0.2) is 0 Å². The Bertz CT molecular complexity index is 1510. The second-order valence-electron chi connectivity index (χ2n) is 9.43. The number of amides is 2. The molecule has 0 aliphatic carbocycles. The third-order valence-corrected chi connectivity index (χ3v) is 7.48. The third kappa shape index (κ3) is 6.74. The fourth-order valence-electron chi connectivity index (χ4n) is 4.50. The van der Waals surface area contributed by atoms with E-state index in [2.05, 4.69) is 22.0 Å². The van der Waals surface area contributed by atoms with Gasteiger partial charge in [-0.15, -0.1) is 0 Å². The summed E-state index contributed by atoms with van der Waals surface area (Å²) in [4.78, 5) is 26.5. The molecule has 3 aromatic carbocycles. The lowest BCUT2D eigenvalue weighted by atomic mass is 9.82. The van der Waals surface area contributed by atoms with Gasteiger partial charge in [0.2, 0.25) is 5.91 Å². The van der Waals surface area contributed by atoms with Gasteiger partial charge in [0, 0.05) is 22.6 Å². The fourth-order valence-corrected chi connectivity index (χ4v) is 5.39. The van der Waals surface area contributed by atoms with Crippen LogP contribution in [0.25, 0.3) is 0 Å². The summed E-state index contributed by atoms with van der Waals surface area (Å²) in [6.45, 7) is 8.17. The van der Waals surface area contributed by atoms with Crippen LogP contribution in [0.3, 0.4) is 0 Å². The van der Waals surface area contributed by atoms with Crippen LogP contribution in [-0.2, 0) is 9.59 Å². The van der Waals surface area contributed by atoms with Crippen molar-refractivity contribution in [1.29, 1.82) is 5.26 Å². The van der Waals surface area contributed by atoms with Crippen LogP contribution in [0.2, 0.25) is 0 Å². The van der Waals surface area contributed by atoms with Crippen molar-refractivity contribution in [2.75, 3.05) is 23.0 Å². The molecule has 1 unspecified atom stereocenters. The molecule has 0 saturated carbocycles. The molecular formula is C32H32N4O3S. The highest BCUT2D eigenvalue weighted by Crippen LogP contribution is 2.41. The summed E-state index contributed by atoms with van der Waals surface area (Å²) in [6.07, 6.45) is 0. The Hall–Kier alpha value is -4.48. The maximum atomic E-state index is 13.6. The number of nitrogens with one attached hydrogen (secondary N) is 3. The number of para-hydroxylation sites is 1. The van der Waals surface area contributed by atoms with Crippen molar-refractivity contribution < 1.29 is 14.3 Å². The van der Waals surface area contributed by atoms with Crippen LogP contribution in [0.4, 0.5) is 11.4 Å². The number of rotatable bonds is 9. The SMILES string of the molecule is CCOc1ccc(C2C(C#N)=C(SCC(=O)Nc3cc(C)ccc3C)NC(C)=C2C(=O)Nc2ccccc2)cc1. The summed E-state index contributed by atoms with van der Waals surface area (Å²) in [6, 6.07) is 24.8. The van der Waals surface area contributed by atoms with Gasteiger partial charge in [-0.2, -0.15) is 5.26 Å². The minimum Gasteiger partial charge on any atom is -0.494 e. The Morgan fingerprint density at radius 1 is 1.00 bits per heavy atom. The molecule has 1 aliphatic rings. The van der Waals surface area contributed by atoms with Crippen molar-refractivity contribution in [3.8, 4) is 11.8 Å². The fraction of sp³-hybridized carbons (Fsp3) is 0.219. The number of dihydropyridines is 1. The molecule has 0 bridgehead atoms. The summed E-state index contributed by atoms with van der Waals surface area (Å²) < 4.78 is 5.60. The molecule has 0 fully saturated rings. The van der Waals surface area contributed by atoms with Crippen LogP contribution in [0, 0.1) is 25.2 Å². The minimum absolute atomic E-state index is 0.0930. The van der Waals surface area contributed by atoms with Crippen molar-refractivity contribution in [3.63, 3.8) is 0 Å². The molecule has 4 rings (SSSR count). The molecule has 1 aliphatic heterocycles. The highest BCUT2D eigenvalue weighted by molar-refractivity contribution is 8.03. The highest BCUT2D eigenvalue weighted by Gasteiger charge is 2.35. The quantitative estimate of drug-likeness (QED) is 0.284. The zero-order chi connectivity index (χ0) is 28.6. The predicted molar refractivity (Wildman–Crippen MR) is 161 cm³/mol. The lowest BCUT2D eigenvalue weighted by molar-refractivity contribution is -0.114. The summed E-state index contributed by atoms with van der Waals surface area (Å²) >= 11 is 1.24. The molecule has 204 valence electrons. The molecule has 0 spiro atoms. The Labute approximate surface area is 239 Å². The normalized spacial score (nSPS) is 14.7. The summed E-state index contributed by atoms with van der Waals surface area (Å²) in [7, 11) is 0. The number of carbonyl (C=O) groups is 2. The van der Waals surface area contributed by atoms with Gasteiger partial charge in [-0.3, -0.25) is 9.59 Å². The van der Waals surface area contributed by atoms with Gasteiger partial charge in [0.1, 0.15) is 5.75 Å². The van der Waals surface area contributed by atoms with Crippen LogP contribution < -0.4 is 20.7 Å². The predicted octanol–water partition coefficient (Wildman–Crippen LogP) is 6.41. The van der Waals surface area contributed by atoms with E-state index in [0.717, 1.165) is 22.4 Å². The molecule has 1 atom stereocenters. The molecule has 8 heteroatoms. The highest BCUT2D eigenvalue weighted by atomic mass is 32.2. The van der Waals surface area contributed by atoms with E-state index in [9.17, 15) is 14.9 Å². The van der Waals surface area contributed by atoms with E-state index in [1.165, 1.54) is 11.8 Å². The number of benzene rings is 3. The maximum Gasteiger partial charge on any atom is 0.254 e. The average Bonchev–Trinajstić information content (AvgIpc) is 2.94. The van der Waals surface area contributed by atoms with Gasteiger partial charge in [0.25, 0.3) is 5.91 Å². The van der Waals surface area contributed by atoms with Crippen molar-refractivity contribution in [1.82, 2.24) is 5.32 Å². The van der Waals surface area contributed by atoms with Gasteiger partial charge >= 0.3 is 0 Å². The van der Waals surface area contributed by atoms with Crippen LogP contribution in [0.5, 0.6) is 5.75 Å². The molecule has 0 aromatic heterocycles. The van der Waals surface area contributed by atoms with E-state index in [1.54, 1.807) is 0 Å². The first-order valence-corrected chi connectivity index (χ1v) is 14.0. The number of hydrogen-bond donors (Lipinski definition) is 3. The Kier molecular flexibility index (Phi) is 9.31. The Morgan fingerprint density at radius 3 is 2.40 bits per heavy atom. The van der Waals surface area contributed by atoms with E-state index < -0.39 is 5.92 Å². The van der Waals surface area contributed by atoms with Crippen LogP contribution in [0.1, 0.15) is 36.5 Å². The number of aryl methyl sites for hydroxylation is 2. The smallest absolute Gasteiger partial charge is 0.254 e. The lowest BCUT2D eigenvalue weighted by Gasteiger charge is -2.30. The van der Waals surface area contributed by atoms with Crippen molar-refractivity contribution in [3.05, 3.63) is 111 Å². The third-order valence-electron chi connectivity index (χ3n) is 6.46. The number of anilines is 2. The van der Waals surface area contributed by atoms with E-state index in [4.69, 9.17) is 4.74 Å². The number of nitrogens with zero attached hydrogens (tertiary/aromatic N) is 1. The zero-order valence-electron chi connectivity index (χ0n) is 23.0. The first-order valence-electron chi connectivity index (χ1n) is 13.0. The molecule has 3 aromatic rings. The molecule has 2 amide bonds. The zero-order valence-corrected chi connectivity index (χ0v) is 23.8. The molecular weight excluding hydrogens is 520 g/mol. The summed E-state index contributed by atoms with van der Waals surface area (Å²) in [5.41, 5.74) is 5.65. The number of nitriles is 1. The second kappa shape index (κ2) is 13.0. The molecule has 0 radical (unpaired) electrons. The van der Waals surface area contributed by atoms with E-state index >= 15 is 0 Å². The molecule has 1 heterocycles. The average molecular weight is 553 g/mol. The van der Waals surface area contributed by atoms with Gasteiger partial charge < -0.3 is 20.7 Å². The topological polar surface area (TPSA) is 103 Å². The Morgan fingerprint density at radius 2 is 1.73 bits per heavy atom. The van der Waals surface area contributed by atoms with Crippen molar-refractivity contribution >= 4 is 35.0 Å². The number of ether oxygens (including phenoxy) is 1. The van der Waals surface area contributed by atoms with E-state index in [-0.39, 0.29) is 17.6 Å². The minimum atomic E-state index is -0.629. The monoisotopic (exact) mass is 552 g/mol. The number of hydrogen-bond acceptors (Lipinski definition) is 6. The van der Waals surface area contributed by atoms with E-state index in [0.29, 0.717) is 39.9 Å². The first-order chi connectivity index (χ1) is 19.3. The first kappa shape index (κ1) is 28.5. The van der Waals surface area contributed by atoms with Crippen LogP contribution >= 0.6 is 11.8 Å². The number of thioether (sulfide) groups is 1. The molecule has 0 saturated heterocycles. The largest absolute Gasteiger partial charge is 0.494 e. The summed E-state index contributed by atoms with van der Waals surface area (Å²) in [5, 5.41) is 20.0. The Balaban J connectivity index is 1.64. The molecule has 40 heavy (non-hydrogen) atoms. The number of allylic oxidation sites excluding steroid dienone is 2. The van der Waals surface area contributed by atoms with Crippen LogP contribution in [0.15, 0.2) is 94.7 Å². The van der Waals surface area contributed by atoms with Crippen molar-refractivity contribution in [2.24, 2.45) is 0 Å². The molecule has 3 N–H and O–H groups in total. The van der Waals surface area contributed by atoms with Crippen LogP contribution in [-0.4, -0.2) is 24.2 Å². The maximum absolute atomic E-state index is 13.6. The van der Waals surface area contributed by atoms with Gasteiger partial charge in [0.05, 0.1) is 34.9 Å². The number of carbonyl (C=O) groups excluding carboxylic acids is 2. The van der Waals surface area contributed by atoms with Gasteiger partial charge in [-0.05, 0) is 74.7 Å². The van der Waals surface area contributed by atoms with Gasteiger partial charge in [-0.1, -0.05) is 54.2 Å². The van der Waals surface area contributed by atoms with Gasteiger partial charge in [-0.25, -0.2) is 0 Å². The van der Waals surface area contributed by atoms with Crippen molar-refractivity contribution in [2.45, 2.75) is 33.6 Å². The summed E-state index contributed by atoms with van der Waals surface area (Å²) in [5.74, 6) is -0.321. The lowest BCUT2D eigenvalue weighted by Crippen LogP contribution is -2.31. The second-order valence-corrected chi connectivity index (χ2v) is 10.4. The molecule has 7 nitrogen and oxygen atoms in total. The van der Waals surface area contributed by atoms with E-state index in [1.807, 2.05) is 100 Å². The standard InChI is InChI=1S/C32H32N4O3S/c1-5-39-25-15-13-23(14-16-25)30-26(18-33)32(40-19-28(37)36-27-17-20(2)11-12-21(27)3)34-22(4)29(30)31(38)35-24-9-7-6-8-10-24/h6-17,30,34H,5,19H2,1-4H3,(H,35,38)(H,36,37).